The van der Waals surface area contributed by atoms with Gasteiger partial charge in [0.25, 0.3) is 0 Å². The number of likely N-dealkylation sites (N-methyl/N-ethyl adjacent to an activating group) is 1. The molecule has 1 N–H and O–H groups in total. The van der Waals surface area contributed by atoms with Crippen LogP contribution < -0.4 is 9.62 Å². The van der Waals surface area contributed by atoms with Crippen LogP contribution in [0.4, 0.5) is 5.69 Å². The standard InChI is InChI=1S/C21H24BrCl2N3O4S/c1-4-25-21(29)14(2)26(12-15-6-5-7-16(22)10-15)20(28)13-27(32(3,30)31)17-8-9-18(23)19(24)11-17/h5-11,14H,4,12-13H2,1-3H3,(H,25,29)/t14-/m0/s1. The molecule has 0 aliphatic heterocycles. The summed E-state index contributed by atoms with van der Waals surface area (Å²) in [7, 11) is -3.84. The molecule has 0 heterocycles. The van der Waals surface area contributed by atoms with E-state index in [1.807, 2.05) is 24.3 Å². The predicted octanol–water partition coefficient (Wildman–Crippen LogP) is 4.08. The molecule has 0 aliphatic carbocycles. The molecule has 2 aromatic carbocycles. The Morgan fingerprint density at radius 2 is 1.81 bits per heavy atom. The molecular formula is C21H24BrCl2N3O4S. The van der Waals surface area contributed by atoms with E-state index in [2.05, 4.69) is 21.2 Å². The Morgan fingerprint density at radius 3 is 2.38 bits per heavy atom. The fourth-order valence-corrected chi connectivity index (χ4v) is 4.57. The predicted molar refractivity (Wildman–Crippen MR) is 131 cm³/mol. The van der Waals surface area contributed by atoms with Gasteiger partial charge in [0.1, 0.15) is 12.6 Å². The third kappa shape index (κ3) is 7.10. The minimum absolute atomic E-state index is 0.121. The molecule has 7 nitrogen and oxygen atoms in total. The summed E-state index contributed by atoms with van der Waals surface area (Å²) in [6.45, 7) is 3.40. The molecule has 0 fully saturated rings. The van der Waals surface area contributed by atoms with Crippen LogP contribution in [0.15, 0.2) is 46.9 Å². The van der Waals surface area contributed by atoms with Gasteiger partial charge < -0.3 is 10.2 Å². The maximum atomic E-state index is 13.3. The Balaban J connectivity index is 2.40. The molecule has 1 atom stereocenters. The number of rotatable bonds is 9. The first-order chi connectivity index (χ1) is 14.9. The lowest BCUT2D eigenvalue weighted by atomic mass is 10.1. The summed E-state index contributed by atoms with van der Waals surface area (Å²) >= 11 is 15.4. The summed E-state index contributed by atoms with van der Waals surface area (Å²) in [6, 6.07) is 10.8. The van der Waals surface area contributed by atoms with Gasteiger partial charge in [-0.25, -0.2) is 8.42 Å². The Morgan fingerprint density at radius 1 is 1.12 bits per heavy atom. The number of carbonyl (C=O) groups is 2. The van der Waals surface area contributed by atoms with Gasteiger partial charge in [-0.15, -0.1) is 0 Å². The van der Waals surface area contributed by atoms with Crippen molar-refractivity contribution in [3.05, 3.63) is 62.5 Å². The number of sulfonamides is 1. The second-order valence-electron chi connectivity index (χ2n) is 7.09. The number of benzene rings is 2. The van der Waals surface area contributed by atoms with Crippen molar-refractivity contribution in [2.45, 2.75) is 26.4 Å². The molecule has 0 saturated carbocycles. The van der Waals surface area contributed by atoms with E-state index >= 15 is 0 Å². The number of amides is 2. The minimum Gasteiger partial charge on any atom is -0.355 e. The van der Waals surface area contributed by atoms with E-state index < -0.39 is 28.5 Å². The van der Waals surface area contributed by atoms with Gasteiger partial charge in [0.15, 0.2) is 0 Å². The fraction of sp³-hybridized carbons (Fsp3) is 0.333. The van der Waals surface area contributed by atoms with E-state index in [1.54, 1.807) is 13.8 Å². The quantitative estimate of drug-likeness (QED) is 0.497. The average molecular weight is 565 g/mol. The number of anilines is 1. The molecule has 0 spiro atoms. The van der Waals surface area contributed by atoms with Crippen molar-refractivity contribution in [2.24, 2.45) is 0 Å². The van der Waals surface area contributed by atoms with Gasteiger partial charge in [0.05, 0.1) is 22.0 Å². The molecule has 11 heteroatoms. The van der Waals surface area contributed by atoms with Gasteiger partial charge in [0, 0.05) is 17.6 Å². The molecule has 0 aliphatic rings. The van der Waals surface area contributed by atoms with Crippen LogP contribution in [0.3, 0.4) is 0 Å². The third-order valence-electron chi connectivity index (χ3n) is 4.63. The highest BCUT2D eigenvalue weighted by Gasteiger charge is 2.30. The summed E-state index contributed by atoms with van der Waals surface area (Å²) in [6.07, 6.45) is 0.995. The zero-order valence-corrected chi connectivity index (χ0v) is 21.7. The number of halogens is 3. The Bertz CT molecular complexity index is 1100. The number of hydrogen-bond acceptors (Lipinski definition) is 4. The van der Waals surface area contributed by atoms with Crippen LogP contribution in [0.2, 0.25) is 10.0 Å². The van der Waals surface area contributed by atoms with Gasteiger partial charge in [-0.05, 0) is 49.7 Å². The first-order valence-corrected chi connectivity index (χ1v) is 13.1. The highest BCUT2D eigenvalue weighted by molar-refractivity contribution is 9.10. The molecule has 174 valence electrons. The molecule has 0 aromatic heterocycles. The molecule has 0 radical (unpaired) electrons. The van der Waals surface area contributed by atoms with E-state index in [0.29, 0.717) is 6.54 Å². The molecule has 2 rings (SSSR count). The van der Waals surface area contributed by atoms with E-state index in [9.17, 15) is 18.0 Å². The summed E-state index contributed by atoms with van der Waals surface area (Å²) in [5.74, 6) is -0.878. The maximum Gasteiger partial charge on any atom is 0.244 e. The number of nitrogens with zero attached hydrogens (tertiary/aromatic N) is 2. The maximum absolute atomic E-state index is 13.3. The Hall–Kier alpha value is -1.81. The van der Waals surface area contributed by atoms with Gasteiger partial charge in [-0.3, -0.25) is 13.9 Å². The molecule has 2 aromatic rings. The number of carbonyl (C=O) groups excluding carboxylic acids is 2. The van der Waals surface area contributed by atoms with Crippen molar-refractivity contribution < 1.29 is 18.0 Å². The van der Waals surface area contributed by atoms with E-state index in [4.69, 9.17) is 23.2 Å². The van der Waals surface area contributed by atoms with Crippen LogP contribution in [-0.4, -0.2) is 50.5 Å². The second-order valence-corrected chi connectivity index (χ2v) is 10.7. The lowest BCUT2D eigenvalue weighted by Gasteiger charge is -2.31. The zero-order valence-electron chi connectivity index (χ0n) is 17.8. The lowest BCUT2D eigenvalue weighted by Crippen LogP contribution is -2.51. The van der Waals surface area contributed by atoms with Crippen molar-refractivity contribution >= 4 is 66.7 Å². The van der Waals surface area contributed by atoms with Crippen LogP contribution in [0.1, 0.15) is 19.4 Å². The summed E-state index contributed by atoms with van der Waals surface area (Å²) < 4.78 is 26.7. The van der Waals surface area contributed by atoms with Crippen LogP contribution in [0.25, 0.3) is 0 Å². The Labute approximate surface area is 206 Å². The van der Waals surface area contributed by atoms with E-state index in [-0.39, 0.29) is 28.2 Å². The SMILES string of the molecule is CCNC(=O)[C@H](C)N(Cc1cccc(Br)c1)C(=O)CN(c1ccc(Cl)c(Cl)c1)S(C)(=O)=O. The first-order valence-electron chi connectivity index (χ1n) is 9.68. The van der Waals surface area contributed by atoms with Gasteiger partial charge in [0.2, 0.25) is 21.8 Å². The fourth-order valence-electron chi connectivity index (χ4n) is 2.99. The van der Waals surface area contributed by atoms with Crippen molar-refractivity contribution in [1.82, 2.24) is 10.2 Å². The van der Waals surface area contributed by atoms with E-state index in [0.717, 1.165) is 20.6 Å². The van der Waals surface area contributed by atoms with Crippen molar-refractivity contribution in [3.63, 3.8) is 0 Å². The highest BCUT2D eigenvalue weighted by atomic mass is 79.9. The van der Waals surface area contributed by atoms with Crippen LogP contribution >= 0.6 is 39.1 Å². The Kier molecular flexibility index (Phi) is 9.39. The average Bonchev–Trinajstić information content (AvgIpc) is 2.71. The van der Waals surface area contributed by atoms with Crippen LogP contribution in [0, 0.1) is 0 Å². The molecule has 32 heavy (non-hydrogen) atoms. The second kappa shape index (κ2) is 11.4. The van der Waals surface area contributed by atoms with Crippen molar-refractivity contribution in [3.8, 4) is 0 Å². The van der Waals surface area contributed by atoms with E-state index in [1.165, 1.54) is 23.1 Å². The van der Waals surface area contributed by atoms with Gasteiger partial charge >= 0.3 is 0 Å². The molecule has 0 bridgehead atoms. The molecule has 0 saturated heterocycles. The number of nitrogens with one attached hydrogen (secondary N) is 1. The zero-order chi connectivity index (χ0) is 24.1. The normalized spacial score (nSPS) is 12.2. The molecule has 2 amide bonds. The summed E-state index contributed by atoms with van der Waals surface area (Å²) in [4.78, 5) is 27.2. The third-order valence-corrected chi connectivity index (χ3v) is 7.00. The monoisotopic (exact) mass is 563 g/mol. The highest BCUT2D eigenvalue weighted by Crippen LogP contribution is 2.28. The summed E-state index contributed by atoms with van der Waals surface area (Å²) in [5.41, 5.74) is 0.979. The molecule has 0 unspecified atom stereocenters. The topological polar surface area (TPSA) is 86.8 Å². The first kappa shape index (κ1) is 26.4. The molecular weight excluding hydrogens is 541 g/mol. The summed E-state index contributed by atoms with van der Waals surface area (Å²) in [5, 5.41) is 3.12. The lowest BCUT2D eigenvalue weighted by molar-refractivity contribution is -0.139. The smallest absolute Gasteiger partial charge is 0.244 e. The van der Waals surface area contributed by atoms with Crippen molar-refractivity contribution in [1.29, 1.82) is 0 Å². The van der Waals surface area contributed by atoms with Crippen molar-refractivity contribution in [2.75, 3.05) is 23.7 Å². The van der Waals surface area contributed by atoms with Crippen LogP contribution in [-0.2, 0) is 26.2 Å². The number of hydrogen-bond donors (Lipinski definition) is 1. The minimum atomic E-state index is -3.84. The van der Waals surface area contributed by atoms with Gasteiger partial charge in [-0.1, -0.05) is 51.3 Å². The van der Waals surface area contributed by atoms with Gasteiger partial charge in [-0.2, -0.15) is 0 Å². The van der Waals surface area contributed by atoms with Crippen LogP contribution in [0.5, 0.6) is 0 Å². The largest absolute Gasteiger partial charge is 0.355 e.